The maximum atomic E-state index is 13.1. The van der Waals surface area contributed by atoms with Gasteiger partial charge in [-0.25, -0.2) is 0 Å². The number of thioether (sulfide) groups is 1. The Balaban J connectivity index is 2.17. The van der Waals surface area contributed by atoms with Crippen molar-refractivity contribution in [2.45, 2.75) is 35.6 Å². The van der Waals surface area contributed by atoms with Crippen LogP contribution in [0.5, 0.6) is 0 Å². The van der Waals surface area contributed by atoms with Crippen LogP contribution in [0.2, 0.25) is 0 Å². The van der Waals surface area contributed by atoms with Crippen LogP contribution >= 0.6 is 11.8 Å². The molecule has 0 aliphatic carbocycles. The van der Waals surface area contributed by atoms with Gasteiger partial charge in [0, 0.05) is 23.4 Å². The van der Waals surface area contributed by atoms with E-state index in [4.69, 9.17) is 10.5 Å². The van der Waals surface area contributed by atoms with Crippen LogP contribution in [0.25, 0.3) is 0 Å². The number of benzene rings is 1. The number of hydrogen-bond donors (Lipinski definition) is 1. The first-order chi connectivity index (χ1) is 9.50. The highest BCUT2D eigenvalue weighted by Crippen LogP contribution is 2.37. The van der Waals surface area contributed by atoms with Crippen LogP contribution in [0.1, 0.15) is 24.0 Å². The smallest absolute Gasteiger partial charge is 0.381 e. The normalized spacial score (nSPS) is 17.4. The zero-order valence-electron chi connectivity index (χ0n) is 11.1. The average molecular weight is 305 g/mol. The van der Waals surface area contributed by atoms with Crippen LogP contribution < -0.4 is 5.73 Å². The zero-order chi connectivity index (χ0) is 14.6. The summed E-state index contributed by atoms with van der Waals surface area (Å²) in [7, 11) is 0. The van der Waals surface area contributed by atoms with E-state index in [0.29, 0.717) is 23.4 Å². The number of nitrogens with two attached hydrogens (primary N) is 1. The van der Waals surface area contributed by atoms with Crippen LogP contribution in [0.3, 0.4) is 0 Å². The molecule has 1 aliphatic heterocycles. The molecule has 0 unspecified atom stereocenters. The minimum atomic E-state index is -4.32. The summed E-state index contributed by atoms with van der Waals surface area (Å²) in [6, 6.07) is 4.57. The average Bonchev–Trinajstić information content (AvgIpc) is 2.41. The minimum Gasteiger partial charge on any atom is -0.381 e. The van der Waals surface area contributed by atoms with E-state index in [0.717, 1.165) is 12.8 Å². The molecule has 1 fully saturated rings. The quantitative estimate of drug-likeness (QED) is 0.925. The summed E-state index contributed by atoms with van der Waals surface area (Å²) in [6.45, 7) is 1.60. The molecule has 1 aromatic rings. The van der Waals surface area contributed by atoms with Gasteiger partial charge in [0.15, 0.2) is 0 Å². The summed E-state index contributed by atoms with van der Waals surface area (Å²) in [5.41, 5.74) is 5.09. The first-order valence-corrected chi connectivity index (χ1v) is 7.53. The standard InChI is InChI=1S/C14H18F3NOS/c15-14(16,17)13-9-12(2-1-10(13)3-6-18)20-11-4-7-19-8-5-11/h1-2,9,11H,3-8,18H2. The molecule has 1 heterocycles. The fourth-order valence-electron chi connectivity index (χ4n) is 2.25. The molecule has 0 amide bonds. The van der Waals surface area contributed by atoms with Crippen molar-refractivity contribution in [1.29, 1.82) is 0 Å². The molecule has 0 spiro atoms. The van der Waals surface area contributed by atoms with E-state index >= 15 is 0 Å². The van der Waals surface area contributed by atoms with E-state index in [1.807, 2.05) is 0 Å². The molecule has 0 bridgehead atoms. The van der Waals surface area contributed by atoms with Gasteiger partial charge < -0.3 is 10.5 Å². The highest BCUT2D eigenvalue weighted by molar-refractivity contribution is 8.00. The van der Waals surface area contributed by atoms with Crippen molar-refractivity contribution in [3.63, 3.8) is 0 Å². The molecule has 2 nitrogen and oxygen atoms in total. The third-order valence-electron chi connectivity index (χ3n) is 3.27. The number of alkyl halides is 3. The lowest BCUT2D eigenvalue weighted by Gasteiger charge is -2.22. The third kappa shape index (κ3) is 4.14. The van der Waals surface area contributed by atoms with Gasteiger partial charge in [-0.1, -0.05) is 6.07 Å². The van der Waals surface area contributed by atoms with Crippen LogP contribution in [0, 0.1) is 0 Å². The Bertz CT molecular complexity index is 445. The van der Waals surface area contributed by atoms with Crippen molar-refractivity contribution in [3.8, 4) is 0 Å². The maximum absolute atomic E-state index is 13.1. The largest absolute Gasteiger partial charge is 0.416 e. The van der Waals surface area contributed by atoms with Crippen LogP contribution in [0.15, 0.2) is 23.1 Å². The van der Waals surface area contributed by atoms with Crippen molar-refractivity contribution >= 4 is 11.8 Å². The van der Waals surface area contributed by atoms with E-state index in [1.165, 1.54) is 17.8 Å². The molecule has 0 aromatic heterocycles. The Labute approximate surface area is 120 Å². The Morgan fingerprint density at radius 3 is 2.55 bits per heavy atom. The molecule has 1 saturated heterocycles. The molecule has 112 valence electrons. The molecule has 6 heteroatoms. The van der Waals surface area contributed by atoms with E-state index in [9.17, 15) is 13.2 Å². The second-order valence-corrected chi connectivity index (χ2v) is 6.16. The first kappa shape index (κ1) is 15.7. The lowest BCUT2D eigenvalue weighted by molar-refractivity contribution is -0.138. The molecule has 2 rings (SSSR count). The van der Waals surface area contributed by atoms with Gasteiger partial charge in [-0.05, 0) is 43.5 Å². The van der Waals surface area contributed by atoms with Crippen LogP contribution in [-0.2, 0) is 17.3 Å². The molecule has 20 heavy (non-hydrogen) atoms. The number of rotatable bonds is 4. The molecule has 0 atom stereocenters. The van der Waals surface area contributed by atoms with Crippen molar-refractivity contribution < 1.29 is 17.9 Å². The van der Waals surface area contributed by atoms with Gasteiger partial charge in [-0.2, -0.15) is 13.2 Å². The molecule has 2 N–H and O–H groups in total. The molecule has 0 radical (unpaired) electrons. The van der Waals surface area contributed by atoms with Gasteiger partial charge in [-0.3, -0.25) is 0 Å². The molecule has 1 aromatic carbocycles. The summed E-state index contributed by atoms with van der Waals surface area (Å²) < 4.78 is 44.4. The monoisotopic (exact) mass is 305 g/mol. The van der Waals surface area contributed by atoms with E-state index < -0.39 is 11.7 Å². The minimum absolute atomic E-state index is 0.218. The predicted octanol–water partition coefficient (Wildman–Crippen LogP) is 3.48. The summed E-state index contributed by atoms with van der Waals surface area (Å²) in [6.07, 6.45) is -2.30. The van der Waals surface area contributed by atoms with E-state index in [2.05, 4.69) is 0 Å². The van der Waals surface area contributed by atoms with Crippen molar-refractivity contribution in [1.82, 2.24) is 0 Å². The Kier molecular flexibility index (Phi) is 5.35. The SMILES string of the molecule is NCCc1ccc(SC2CCOCC2)cc1C(F)(F)F. The molecular weight excluding hydrogens is 287 g/mol. The number of ether oxygens (including phenoxy) is 1. The third-order valence-corrected chi connectivity index (χ3v) is 4.60. The summed E-state index contributed by atoms with van der Waals surface area (Å²) in [5.74, 6) is 0. The summed E-state index contributed by atoms with van der Waals surface area (Å²) in [4.78, 5) is 0.671. The number of hydrogen-bond acceptors (Lipinski definition) is 3. The Morgan fingerprint density at radius 1 is 1.25 bits per heavy atom. The first-order valence-electron chi connectivity index (χ1n) is 6.65. The lowest BCUT2D eigenvalue weighted by Crippen LogP contribution is -2.17. The maximum Gasteiger partial charge on any atom is 0.416 e. The molecular formula is C14H18F3NOS. The second kappa shape index (κ2) is 6.83. The Hall–Kier alpha value is -0.720. The van der Waals surface area contributed by atoms with Gasteiger partial charge in [0.2, 0.25) is 0 Å². The van der Waals surface area contributed by atoms with Crippen molar-refractivity contribution in [2.24, 2.45) is 5.73 Å². The molecule has 1 aliphatic rings. The van der Waals surface area contributed by atoms with Crippen LogP contribution in [-0.4, -0.2) is 25.0 Å². The number of halogens is 3. The van der Waals surface area contributed by atoms with E-state index in [-0.39, 0.29) is 18.5 Å². The fourth-order valence-corrected chi connectivity index (χ4v) is 3.40. The predicted molar refractivity (Wildman–Crippen MR) is 73.9 cm³/mol. The zero-order valence-corrected chi connectivity index (χ0v) is 11.9. The second-order valence-electron chi connectivity index (χ2n) is 4.78. The van der Waals surface area contributed by atoms with Gasteiger partial charge >= 0.3 is 6.18 Å². The lowest BCUT2D eigenvalue weighted by atomic mass is 10.0. The van der Waals surface area contributed by atoms with Crippen LogP contribution in [0.4, 0.5) is 13.2 Å². The highest BCUT2D eigenvalue weighted by Gasteiger charge is 2.33. The topological polar surface area (TPSA) is 35.2 Å². The van der Waals surface area contributed by atoms with Gasteiger partial charge in [-0.15, -0.1) is 11.8 Å². The van der Waals surface area contributed by atoms with E-state index in [1.54, 1.807) is 12.1 Å². The summed E-state index contributed by atoms with van der Waals surface area (Å²) >= 11 is 1.51. The summed E-state index contributed by atoms with van der Waals surface area (Å²) in [5, 5.41) is 0.338. The molecule has 0 saturated carbocycles. The Morgan fingerprint density at radius 2 is 1.95 bits per heavy atom. The van der Waals surface area contributed by atoms with Gasteiger partial charge in [0.25, 0.3) is 0 Å². The fraction of sp³-hybridized carbons (Fsp3) is 0.571. The van der Waals surface area contributed by atoms with Crippen molar-refractivity contribution in [2.75, 3.05) is 19.8 Å². The highest BCUT2D eigenvalue weighted by atomic mass is 32.2. The van der Waals surface area contributed by atoms with Gasteiger partial charge in [0.1, 0.15) is 0 Å². The van der Waals surface area contributed by atoms with Gasteiger partial charge in [0.05, 0.1) is 5.56 Å². The van der Waals surface area contributed by atoms with Crippen molar-refractivity contribution in [3.05, 3.63) is 29.3 Å².